The van der Waals surface area contributed by atoms with Gasteiger partial charge in [0, 0.05) is 6.54 Å². The number of rotatable bonds is 5. The van der Waals surface area contributed by atoms with Crippen LogP contribution in [0.25, 0.3) is 0 Å². The van der Waals surface area contributed by atoms with Gasteiger partial charge < -0.3 is 10.4 Å². The lowest BCUT2D eigenvalue weighted by molar-refractivity contribution is -0.132. The first-order valence-electron chi connectivity index (χ1n) is 7.19. The van der Waals surface area contributed by atoms with E-state index in [1.54, 1.807) is 0 Å². The minimum atomic E-state index is -2.19. The number of Topliss-reactive ketones (excluding diaryl/α,β-unsaturated/α-hetero) is 1. The van der Waals surface area contributed by atoms with Gasteiger partial charge in [0.2, 0.25) is 5.78 Å². The summed E-state index contributed by atoms with van der Waals surface area (Å²) in [5.41, 5.74) is -0.983. The van der Waals surface area contributed by atoms with Crippen LogP contribution in [-0.2, 0) is 11.3 Å². The van der Waals surface area contributed by atoms with Crippen LogP contribution in [-0.4, -0.2) is 23.9 Å². The zero-order chi connectivity index (χ0) is 19.9. The number of halogens is 4. The Morgan fingerprint density at radius 3 is 2.12 bits per heavy atom. The molecule has 2 aromatic carbocycles. The Morgan fingerprint density at radius 2 is 1.62 bits per heavy atom. The lowest BCUT2D eigenvalue weighted by Gasteiger charge is -2.04. The summed E-state index contributed by atoms with van der Waals surface area (Å²) in [4.78, 5) is 21.6. The van der Waals surface area contributed by atoms with E-state index >= 15 is 0 Å². The van der Waals surface area contributed by atoms with Crippen LogP contribution < -0.4 is 5.32 Å². The maximum atomic E-state index is 13.1. The summed E-state index contributed by atoms with van der Waals surface area (Å²) in [6, 6.07) is 10.4. The van der Waals surface area contributed by atoms with E-state index in [1.807, 2.05) is 25.2 Å². The van der Waals surface area contributed by atoms with Crippen LogP contribution in [0.15, 0.2) is 48.6 Å². The summed E-state index contributed by atoms with van der Waals surface area (Å²) in [7, 11) is 1.95. The number of carboxylic acids is 1. The molecule has 26 heavy (non-hydrogen) atoms. The standard InChI is InChI=1S/C10H4F4O3.C8H11N/c1-3(10(16)17)9(15)4-2-5(11)7(13)8(14)6(4)12;1-9-7-8-5-3-2-4-6-8/h2H,1H2,(H,16,17);2-6,9H,7H2,1H3. The van der Waals surface area contributed by atoms with Crippen LogP contribution in [0, 0.1) is 23.3 Å². The molecule has 0 saturated heterocycles. The number of hydrogen-bond acceptors (Lipinski definition) is 3. The molecule has 0 fully saturated rings. The smallest absolute Gasteiger partial charge is 0.339 e. The molecule has 0 atom stereocenters. The van der Waals surface area contributed by atoms with E-state index in [0.717, 1.165) is 6.54 Å². The van der Waals surface area contributed by atoms with E-state index in [9.17, 15) is 27.2 Å². The third-order valence-corrected chi connectivity index (χ3v) is 3.10. The largest absolute Gasteiger partial charge is 0.478 e. The number of carboxylic acid groups (broad SMARTS) is 1. The van der Waals surface area contributed by atoms with Crippen molar-refractivity contribution in [3.8, 4) is 0 Å². The molecule has 0 amide bonds. The second-order valence-electron chi connectivity index (χ2n) is 4.98. The van der Waals surface area contributed by atoms with Crippen LogP contribution in [0.1, 0.15) is 15.9 Å². The summed E-state index contributed by atoms with van der Waals surface area (Å²) >= 11 is 0. The van der Waals surface area contributed by atoms with Crippen molar-refractivity contribution in [3.05, 3.63) is 82.9 Å². The molecule has 0 radical (unpaired) electrons. The molecule has 0 heterocycles. The van der Waals surface area contributed by atoms with Crippen molar-refractivity contribution in [2.24, 2.45) is 0 Å². The van der Waals surface area contributed by atoms with Crippen molar-refractivity contribution < 1.29 is 32.3 Å². The van der Waals surface area contributed by atoms with Crippen LogP contribution in [0.5, 0.6) is 0 Å². The van der Waals surface area contributed by atoms with Gasteiger partial charge in [-0.2, -0.15) is 0 Å². The first kappa shape index (κ1) is 21.0. The van der Waals surface area contributed by atoms with Gasteiger partial charge in [-0.15, -0.1) is 0 Å². The quantitative estimate of drug-likeness (QED) is 0.161. The summed E-state index contributed by atoms with van der Waals surface area (Å²) in [5.74, 6) is -11.3. The van der Waals surface area contributed by atoms with Crippen molar-refractivity contribution in [2.75, 3.05) is 7.05 Å². The minimum Gasteiger partial charge on any atom is -0.478 e. The van der Waals surface area contributed by atoms with Gasteiger partial charge in [0.25, 0.3) is 0 Å². The van der Waals surface area contributed by atoms with Gasteiger partial charge in [-0.25, -0.2) is 22.4 Å². The highest BCUT2D eigenvalue weighted by atomic mass is 19.2. The molecule has 2 rings (SSSR count). The van der Waals surface area contributed by atoms with Crippen molar-refractivity contribution in [1.82, 2.24) is 5.32 Å². The minimum absolute atomic E-state index is 0.0736. The highest BCUT2D eigenvalue weighted by Gasteiger charge is 2.26. The van der Waals surface area contributed by atoms with E-state index in [1.165, 1.54) is 5.56 Å². The van der Waals surface area contributed by atoms with Gasteiger partial charge >= 0.3 is 5.97 Å². The first-order chi connectivity index (χ1) is 12.2. The summed E-state index contributed by atoms with van der Waals surface area (Å²) < 4.78 is 51.1. The Kier molecular flexibility index (Phi) is 7.67. The maximum absolute atomic E-state index is 13.1. The van der Waals surface area contributed by atoms with Crippen molar-refractivity contribution in [2.45, 2.75) is 6.54 Å². The molecule has 0 unspecified atom stereocenters. The molecule has 0 aliphatic rings. The SMILES string of the molecule is C=C(C(=O)O)C(=O)c1cc(F)c(F)c(F)c1F.CNCc1ccccc1. The predicted octanol–water partition coefficient (Wildman–Crippen LogP) is 3.47. The Bertz CT molecular complexity index is 823. The zero-order valence-corrected chi connectivity index (χ0v) is 13.7. The molecule has 0 bridgehead atoms. The highest BCUT2D eigenvalue weighted by molar-refractivity contribution is 6.23. The van der Waals surface area contributed by atoms with E-state index in [0.29, 0.717) is 0 Å². The monoisotopic (exact) mass is 369 g/mol. The fraction of sp³-hybridized carbons (Fsp3) is 0.111. The van der Waals surface area contributed by atoms with Crippen LogP contribution in [0.4, 0.5) is 17.6 Å². The maximum Gasteiger partial charge on any atom is 0.339 e. The molecule has 0 aliphatic heterocycles. The first-order valence-corrected chi connectivity index (χ1v) is 7.19. The number of benzene rings is 2. The van der Waals surface area contributed by atoms with E-state index in [2.05, 4.69) is 24.0 Å². The third-order valence-electron chi connectivity index (χ3n) is 3.10. The molecule has 2 N–H and O–H groups in total. The second kappa shape index (κ2) is 9.47. The van der Waals surface area contributed by atoms with Crippen LogP contribution in [0.3, 0.4) is 0 Å². The lowest BCUT2D eigenvalue weighted by Crippen LogP contribution is -2.15. The average molecular weight is 369 g/mol. The Hall–Kier alpha value is -3.00. The molecule has 0 aliphatic carbocycles. The molecule has 0 spiro atoms. The normalized spacial score (nSPS) is 9.88. The summed E-state index contributed by atoms with van der Waals surface area (Å²) in [5, 5.41) is 11.5. The van der Waals surface area contributed by atoms with Gasteiger partial charge in [-0.3, -0.25) is 4.79 Å². The number of nitrogens with one attached hydrogen (secondary N) is 1. The Morgan fingerprint density at radius 1 is 1.04 bits per heavy atom. The molecule has 0 saturated carbocycles. The lowest BCUT2D eigenvalue weighted by atomic mass is 10.0. The Balaban J connectivity index is 0.000000314. The number of aliphatic carboxylic acids is 1. The third kappa shape index (κ3) is 5.25. The molecule has 2 aromatic rings. The molecule has 138 valence electrons. The fourth-order valence-corrected chi connectivity index (χ4v) is 1.80. The topological polar surface area (TPSA) is 66.4 Å². The van der Waals surface area contributed by atoms with E-state index in [-0.39, 0.29) is 6.07 Å². The number of ketones is 1. The molecule has 8 heteroatoms. The molecular formula is C18H15F4NO3. The Labute approximate surface area is 146 Å². The number of carbonyl (C=O) groups is 2. The summed E-state index contributed by atoms with van der Waals surface area (Å²) in [6.45, 7) is 3.76. The molecule has 0 aromatic heterocycles. The van der Waals surface area contributed by atoms with Crippen molar-refractivity contribution >= 4 is 11.8 Å². The van der Waals surface area contributed by atoms with Gasteiger partial charge in [0.15, 0.2) is 23.3 Å². The van der Waals surface area contributed by atoms with Gasteiger partial charge in [-0.05, 0) is 18.7 Å². The van der Waals surface area contributed by atoms with Gasteiger partial charge in [-0.1, -0.05) is 36.9 Å². The van der Waals surface area contributed by atoms with Crippen LogP contribution >= 0.6 is 0 Å². The van der Waals surface area contributed by atoms with E-state index in [4.69, 9.17) is 5.11 Å². The molecular weight excluding hydrogens is 354 g/mol. The predicted molar refractivity (Wildman–Crippen MR) is 86.6 cm³/mol. The van der Waals surface area contributed by atoms with Gasteiger partial charge in [0.1, 0.15) is 5.57 Å². The highest BCUT2D eigenvalue weighted by Crippen LogP contribution is 2.20. The number of hydrogen-bond donors (Lipinski definition) is 2. The molecule has 4 nitrogen and oxygen atoms in total. The van der Waals surface area contributed by atoms with Crippen LogP contribution in [0.2, 0.25) is 0 Å². The van der Waals surface area contributed by atoms with Crippen molar-refractivity contribution in [3.63, 3.8) is 0 Å². The van der Waals surface area contributed by atoms with E-state index < -0.39 is 46.2 Å². The fourth-order valence-electron chi connectivity index (χ4n) is 1.80. The summed E-state index contributed by atoms with van der Waals surface area (Å²) in [6.07, 6.45) is 0. The zero-order valence-electron chi connectivity index (χ0n) is 13.7. The number of carbonyl (C=O) groups excluding carboxylic acids is 1. The van der Waals surface area contributed by atoms with Crippen molar-refractivity contribution in [1.29, 1.82) is 0 Å². The average Bonchev–Trinajstić information content (AvgIpc) is 2.63. The second-order valence-corrected chi connectivity index (χ2v) is 4.98. The van der Waals surface area contributed by atoms with Gasteiger partial charge in [0.05, 0.1) is 5.56 Å².